The first-order valence-electron chi connectivity index (χ1n) is 5.91. The van der Waals surface area contributed by atoms with Crippen molar-refractivity contribution in [3.63, 3.8) is 0 Å². The Morgan fingerprint density at radius 2 is 2.26 bits per heavy atom. The van der Waals surface area contributed by atoms with Crippen molar-refractivity contribution >= 4 is 22.7 Å². The van der Waals surface area contributed by atoms with Crippen LogP contribution < -0.4 is 11.1 Å². The van der Waals surface area contributed by atoms with Crippen LogP contribution >= 0.6 is 0 Å². The van der Waals surface area contributed by atoms with E-state index in [4.69, 9.17) is 15.4 Å². The van der Waals surface area contributed by atoms with E-state index in [0.29, 0.717) is 17.6 Å². The van der Waals surface area contributed by atoms with Gasteiger partial charge in [-0.05, 0) is 12.5 Å². The van der Waals surface area contributed by atoms with Gasteiger partial charge >= 0.3 is 0 Å². The van der Waals surface area contributed by atoms with Crippen LogP contribution in [0, 0.1) is 0 Å². The number of amidine groups is 1. The monoisotopic (exact) mass is 261 g/mol. The molecule has 6 heteroatoms. The van der Waals surface area contributed by atoms with Gasteiger partial charge in [0, 0.05) is 5.39 Å². The van der Waals surface area contributed by atoms with Crippen molar-refractivity contribution in [2.45, 2.75) is 19.4 Å². The van der Waals surface area contributed by atoms with Gasteiger partial charge in [-0.3, -0.25) is 4.79 Å². The molecule has 2 aromatic rings. The van der Waals surface area contributed by atoms with Gasteiger partial charge in [0.05, 0.1) is 11.6 Å². The van der Waals surface area contributed by atoms with E-state index in [9.17, 15) is 4.79 Å². The van der Waals surface area contributed by atoms with Crippen LogP contribution in [-0.2, 0) is 0 Å². The zero-order valence-corrected chi connectivity index (χ0v) is 10.5. The number of carbonyl (C=O) groups is 1. The molecule has 0 saturated heterocycles. The van der Waals surface area contributed by atoms with Crippen molar-refractivity contribution < 1.29 is 14.4 Å². The molecule has 0 aliphatic heterocycles. The lowest BCUT2D eigenvalue weighted by molar-refractivity contribution is 0.0946. The van der Waals surface area contributed by atoms with Crippen LogP contribution in [0.4, 0.5) is 0 Å². The van der Waals surface area contributed by atoms with Crippen molar-refractivity contribution in [2.75, 3.05) is 0 Å². The number of rotatable bonds is 4. The molecule has 0 aliphatic rings. The lowest BCUT2D eigenvalue weighted by Crippen LogP contribution is -2.44. The van der Waals surface area contributed by atoms with Gasteiger partial charge in [0.15, 0.2) is 5.84 Å². The third-order valence-electron chi connectivity index (χ3n) is 2.91. The van der Waals surface area contributed by atoms with E-state index in [1.807, 2.05) is 19.1 Å². The van der Waals surface area contributed by atoms with Gasteiger partial charge in [0.25, 0.3) is 5.91 Å². The Morgan fingerprint density at radius 3 is 2.95 bits per heavy atom. The van der Waals surface area contributed by atoms with Gasteiger partial charge in [-0.2, -0.15) is 0 Å². The van der Waals surface area contributed by atoms with Crippen molar-refractivity contribution in [1.82, 2.24) is 5.32 Å². The van der Waals surface area contributed by atoms with Crippen LogP contribution in [0.2, 0.25) is 0 Å². The minimum Gasteiger partial charge on any atom is -0.463 e. The molecule has 1 amide bonds. The van der Waals surface area contributed by atoms with Gasteiger partial charge in [-0.15, -0.1) is 0 Å². The van der Waals surface area contributed by atoms with Gasteiger partial charge < -0.3 is 20.7 Å². The number of hydrogen-bond acceptors (Lipinski definition) is 4. The average Bonchev–Trinajstić information content (AvgIpc) is 2.87. The summed E-state index contributed by atoms with van der Waals surface area (Å²) in [5.41, 5.74) is 6.58. The Bertz CT molecular complexity index is 618. The standard InChI is InChI=1S/C13H15N3O3/c1-2-10(12(14)16-18)15-13(17)9-7-19-11-6-4-3-5-8(9)11/h3-7,10,18H,2H2,1H3,(H2,14,16)(H,15,17). The van der Waals surface area contributed by atoms with Crippen molar-refractivity contribution in [1.29, 1.82) is 0 Å². The van der Waals surface area contributed by atoms with Crippen molar-refractivity contribution in [3.8, 4) is 0 Å². The third kappa shape index (κ3) is 2.52. The number of nitrogens with two attached hydrogens (primary N) is 1. The molecule has 19 heavy (non-hydrogen) atoms. The first-order valence-corrected chi connectivity index (χ1v) is 5.91. The molecule has 1 atom stereocenters. The second kappa shape index (κ2) is 5.43. The molecule has 0 spiro atoms. The Hall–Kier alpha value is -2.50. The summed E-state index contributed by atoms with van der Waals surface area (Å²) in [6, 6.07) is 6.74. The number of hydrogen-bond donors (Lipinski definition) is 3. The van der Waals surface area contributed by atoms with E-state index in [2.05, 4.69) is 10.5 Å². The maximum Gasteiger partial charge on any atom is 0.255 e. The topological polar surface area (TPSA) is 101 Å². The highest BCUT2D eigenvalue weighted by molar-refractivity contribution is 6.07. The fourth-order valence-corrected chi connectivity index (χ4v) is 1.84. The highest BCUT2D eigenvalue weighted by atomic mass is 16.4. The smallest absolute Gasteiger partial charge is 0.255 e. The summed E-state index contributed by atoms with van der Waals surface area (Å²) in [6.07, 6.45) is 1.93. The fraction of sp³-hybridized carbons (Fsp3) is 0.231. The normalized spacial score (nSPS) is 13.4. The number of nitrogens with one attached hydrogen (secondary N) is 1. The minimum atomic E-state index is -0.508. The van der Waals surface area contributed by atoms with E-state index >= 15 is 0 Å². The summed E-state index contributed by atoms with van der Waals surface area (Å²) >= 11 is 0. The van der Waals surface area contributed by atoms with Crippen molar-refractivity contribution in [2.24, 2.45) is 10.9 Å². The molecule has 1 aromatic heterocycles. The van der Waals surface area contributed by atoms with Gasteiger partial charge in [-0.1, -0.05) is 30.3 Å². The molecule has 6 nitrogen and oxygen atoms in total. The second-order valence-corrected chi connectivity index (χ2v) is 4.10. The zero-order chi connectivity index (χ0) is 13.8. The van der Waals surface area contributed by atoms with Crippen LogP contribution in [0.1, 0.15) is 23.7 Å². The van der Waals surface area contributed by atoms with Crippen LogP contribution in [0.15, 0.2) is 40.1 Å². The summed E-state index contributed by atoms with van der Waals surface area (Å²) in [6.45, 7) is 1.83. The number of carbonyl (C=O) groups excluding carboxylic acids is 1. The molecule has 1 unspecified atom stereocenters. The number of oxime groups is 1. The zero-order valence-electron chi connectivity index (χ0n) is 10.5. The molecule has 0 aliphatic carbocycles. The van der Waals surface area contributed by atoms with Crippen LogP contribution in [0.5, 0.6) is 0 Å². The molecule has 100 valence electrons. The molecule has 0 radical (unpaired) electrons. The van der Waals surface area contributed by atoms with E-state index in [1.54, 1.807) is 12.1 Å². The first-order chi connectivity index (χ1) is 9.17. The van der Waals surface area contributed by atoms with E-state index in [1.165, 1.54) is 6.26 Å². The maximum atomic E-state index is 12.1. The fourth-order valence-electron chi connectivity index (χ4n) is 1.84. The number of amides is 1. The summed E-state index contributed by atoms with van der Waals surface area (Å²) in [5.74, 6) is -0.341. The SMILES string of the molecule is CCC(NC(=O)c1coc2ccccc12)C(N)=NO. The minimum absolute atomic E-state index is 0.0244. The summed E-state index contributed by atoms with van der Waals surface area (Å²) < 4.78 is 5.30. The van der Waals surface area contributed by atoms with Gasteiger partial charge in [0.2, 0.25) is 0 Å². The third-order valence-corrected chi connectivity index (χ3v) is 2.91. The summed E-state index contributed by atoms with van der Waals surface area (Å²) in [7, 11) is 0. The summed E-state index contributed by atoms with van der Waals surface area (Å²) in [4.78, 5) is 12.1. The largest absolute Gasteiger partial charge is 0.463 e. The predicted molar refractivity (Wildman–Crippen MR) is 71.2 cm³/mol. The number of fused-ring (bicyclic) bond motifs is 1. The Morgan fingerprint density at radius 1 is 1.53 bits per heavy atom. The van der Waals surface area contributed by atoms with Crippen LogP contribution in [0.25, 0.3) is 11.0 Å². The lowest BCUT2D eigenvalue weighted by atomic mass is 10.1. The second-order valence-electron chi connectivity index (χ2n) is 4.10. The Kier molecular flexibility index (Phi) is 3.70. The van der Waals surface area contributed by atoms with Crippen LogP contribution in [-0.4, -0.2) is 23.0 Å². The molecule has 4 N–H and O–H groups in total. The summed E-state index contributed by atoms with van der Waals surface area (Å²) in [5, 5.41) is 15.0. The van der Waals surface area contributed by atoms with Gasteiger partial charge in [-0.25, -0.2) is 0 Å². The average molecular weight is 261 g/mol. The molecule has 1 aromatic carbocycles. The quantitative estimate of drug-likeness (QED) is 0.337. The number of benzene rings is 1. The first kappa shape index (κ1) is 12.9. The highest BCUT2D eigenvalue weighted by Gasteiger charge is 2.19. The van der Waals surface area contributed by atoms with Crippen LogP contribution in [0.3, 0.4) is 0 Å². The van der Waals surface area contributed by atoms with E-state index in [0.717, 1.165) is 5.39 Å². The molecular weight excluding hydrogens is 246 g/mol. The lowest BCUT2D eigenvalue weighted by Gasteiger charge is -2.14. The number of nitrogens with zero attached hydrogens (tertiary/aromatic N) is 1. The highest BCUT2D eigenvalue weighted by Crippen LogP contribution is 2.20. The molecular formula is C13H15N3O3. The Labute approximate surface area is 109 Å². The molecule has 0 bridgehead atoms. The van der Waals surface area contributed by atoms with Crippen molar-refractivity contribution in [3.05, 3.63) is 36.1 Å². The number of para-hydroxylation sites is 1. The van der Waals surface area contributed by atoms with Gasteiger partial charge in [0.1, 0.15) is 11.8 Å². The molecule has 0 fully saturated rings. The van der Waals surface area contributed by atoms with E-state index in [-0.39, 0.29) is 11.7 Å². The Balaban J connectivity index is 2.25. The maximum absolute atomic E-state index is 12.1. The van der Waals surface area contributed by atoms with E-state index < -0.39 is 6.04 Å². The number of furan rings is 1. The molecule has 0 saturated carbocycles. The molecule has 1 heterocycles. The predicted octanol–water partition coefficient (Wildman–Crippen LogP) is 1.69. The molecule has 2 rings (SSSR count).